The van der Waals surface area contributed by atoms with Gasteiger partial charge >= 0.3 is 24.7 Å². The molecule has 0 aliphatic rings. The molecule has 0 unspecified atom stereocenters. The SMILES string of the molecule is FC(F)(F)c1ccc(C(F)(F)F)c(P(Cl)c2cc(C(F)(F)F)ccc2C(F)(F)F)c1. The van der Waals surface area contributed by atoms with Gasteiger partial charge in [-0.25, -0.2) is 0 Å². The first-order valence-corrected chi connectivity index (χ1v) is 9.61. The minimum absolute atomic E-state index is 0.0310. The van der Waals surface area contributed by atoms with Crippen LogP contribution in [0.3, 0.4) is 0 Å². The standard InChI is InChI=1S/C16H6ClF12P/c17-30(11-5-7(13(18,19)20)1-3-9(11)15(24,25)26)12-6-8(14(21,22)23)2-4-10(12)16(27,28)29/h1-6H. The Hall–Kier alpha value is -1.68. The van der Waals surface area contributed by atoms with Crippen LogP contribution < -0.4 is 10.6 Å². The monoisotopic (exact) mass is 492 g/mol. The first-order valence-electron chi connectivity index (χ1n) is 7.36. The van der Waals surface area contributed by atoms with Crippen molar-refractivity contribution < 1.29 is 52.7 Å². The zero-order valence-corrected chi connectivity index (χ0v) is 15.5. The lowest BCUT2D eigenvalue weighted by molar-refractivity contribution is -0.140. The van der Waals surface area contributed by atoms with Crippen LogP contribution >= 0.6 is 18.5 Å². The molecule has 2 rings (SSSR count). The zero-order valence-electron chi connectivity index (χ0n) is 13.8. The molecule has 2 aromatic carbocycles. The normalized spacial score (nSPS) is 13.8. The van der Waals surface area contributed by atoms with Gasteiger partial charge in [-0.2, -0.15) is 52.7 Å². The van der Waals surface area contributed by atoms with Crippen LogP contribution in [0.25, 0.3) is 0 Å². The van der Waals surface area contributed by atoms with Gasteiger partial charge in [-0.3, -0.25) is 0 Å². The third-order valence-electron chi connectivity index (χ3n) is 3.68. The van der Waals surface area contributed by atoms with Crippen LogP contribution in [0.4, 0.5) is 52.7 Å². The second-order valence-electron chi connectivity index (χ2n) is 5.74. The van der Waals surface area contributed by atoms with E-state index in [-0.39, 0.29) is 36.4 Å². The molecule has 0 aromatic heterocycles. The van der Waals surface area contributed by atoms with Crippen LogP contribution in [0.1, 0.15) is 22.3 Å². The second kappa shape index (κ2) is 7.78. The van der Waals surface area contributed by atoms with Crippen LogP contribution in [-0.2, 0) is 24.7 Å². The highest BCUT2D eigenvalue weighted by atomic mass is 35.7. The molecule has 0 bridgehead atoms. The molecular formula is C16H6ClF12P. The van der Waals surface area contributed by atoms with Crippen LogP contribution in [0, 0.1) is 0 Å². The maximum Gasteiger partial charge on any atom is 0.417 e. The van der Waals surface area contributed by atoms with Crippen molar-refractivity contribution in [2.75, 3.05) is 0 Å². The summed E-state index contributed by atoms with van der Waals surface area (Å²) in [5.74, 6) is 0. The van der Waals surface area contributed by atoms with Gasteiger partial charge in [0.05, 0.1) is 29.5 Å². The van der Waals surface area contributed by atoms with Crippen molar-refractivity contribution in [1.29, 1.82) is 0 Å². The average molecular weight is 493 g/mol. The number of hydrogen-bond donors (Lipinski definition) is 0. The van der Waals surface area contributed by atoms with E-state index in [1.165, 1.54) is 0 Å². The quantitative estimate of drug-likeness (QED) is 0.304. The number of benzene rings is 2. The maximum atomic E-state index is 13.2. The Balaban J connectivity index is 2.82. The van der Waals surface area contributed by atoms with Crippen molar-refractivity contribution in [2.45, 2.75) is 24.7 Å². The summed E-state index contributed by atoms with van der Waals surface area (Å²) in [4.78, 5) is 0. The summed E-state index contributed by atoms with van der Waals surface area (Å²) in [6, 6.07) is -0.191. The predicted octanol–water partition coefficient (Wildman–Crippen LogP) is 7.35. The molecule has 166 valence electrons. The average Bonchev–Trinajstić information content (AvgIpc) is 2.57. The summed E-state index contributed by atoms with van der Waals surface area (Å²) >= 11 is 5.73. The lowest BCUT2D eigenvalue weighted by atomic mass is 10.1. The van der Waals surface area contributed by atoms with E-state index >= 15 is 0 Å². The Bertz CT molecular complexity index is 848. The Morgan fingerprint density at radius 2 is 0.800 bits per heavy atom. The lowest BCUT2D eigenvalue weighted by Crippen LogP contribution is -2.26. The molecule has 0 fully saturated rings. The molecule has 0 aliphatic carbocycles. The molecule has 0 radical (unpaired) electrons. The van der Waals surface area contributed by atoms with Gasteiger partial charge in [0.15, 0.2) is 0 Å². The van der Waals surface area contributed by atoms with Gasteiger partial charge in [0, 0.05) is 10.6 Å². The molecule has 2 aromatic rings. The summed E-state index contributed by atoms with van der Waals surface area (Å²) in [6.07, 6.45) is -21.0. The fourth-order valence-corrected chi connectivity index (χ4v) is 4.78. The molecule has 0 heterocycles. The summed E-state index contributed by atoms with van der Waals surface area (Å²) in [6.45, 7) is 0. The number of halogens is 13. The van der Waals surface area contributed by atoms with Gasteiger partial charge in [-0.1, -0.05) is 11.2 Å². The van der Waals surface area contributed by atoms with Gasteiger partial charge in [0.25, 0.3) is 0 Å². The Morgan fingerprint density at radius 1 is 0.500 bits per heavy atom. The highest BCUT2D eigenvalue weighted by Crippen LogP contribution is 2.48. The van der Waals surface area contributed by atoms with Gasteiger partial charge in [-0.05, 0) is 36.4 Å². The molecule has 0 saturated heterocycles. The van der Waals surface area contributed by atoms with Gasteiger partial charge in [0.1, 0.15) is 0 Å². The van der Waals surface area contributed by atoms with Crippen LogP contribution in [0.5, 0.6) is 0 Å². The summed E-state index contributed by atoms with van der Waals surface area (Å²) in [7, 11) is -3.44. The fourth-order valence-electron chi connectivity index (χ4n) is 2.35. The lowest BCUT2D eigenvalue weighted by Gasteiger charge is -2.22. The van der Waals surface area contributed by atoms with Crippen LogP contribution in [-0.4, -0.2) is 0 Å². The van der Waals surface area contributed by atoms with E-state index in [9.17, 15) is 52.7 Å². The molecule has 0 aliphatic heterocycles. The minimum atomic E-state index is -5.32. The van der Waals surface area contributed by atoms with E-state index in [1.807, 2.05) is 0 Å². The largest absolute Gasteiger partial charge is 0.417 e. The second-order valence-corrected chi connectivity index (χ2v) is 8.28. The van der Waals surface area contributed by atoms with Gasteiger partial charge in [-0.15, -0.1) is 0 Å². The highest BCUT2D eigenvalue weighted by Gasteiger charge is 2.42. The fraction of sp³-hybridized carbons (Fsp3) is 0.250. The molecule has 0 atom stereocenters. The van der Waals surface area contributed by atoms with Crippen molar-refractivity contribution in [3.63, 3.8) is 0 Å². The van der Waals surface area contributed by atoms with Crippen LogP contribution in [0.2, 0.25) is 0 Å². The van der Waals surface area contributed by atoms with Crippen molar-refractivity contribution in [1.82, 2.24) is 0 Å². The van der Waals surface area contributed by atoms with E-state index in [0.29, 0.717) is 0 Å². The molecule has 0 amide bonds. The summed E-state index contributed by atoms with van der Waals surface area (Å²) in [5, 5.41) is -2.81. The van der Waals surface area contributed by atoms with E-state index < -0.39 is 64.8 Å². The van der Waals surface area contributed by atoms with E-state index in [4.69, 9.17) is 11.2 Å². The molecule has 0 nitrogen and oxygen atoms in total. The maximum absolute atomic E-state index is 13.2. The molecule has 0 N–H and O–H groups in total. The van der Waals surface area contributed by atoms with Crippen molar-refractivity contribution in [3.05, 3.63) is 58.7 Å². The highest BCUT2D eigenvalue weighted by molar-refractivity contribution is 7.95. The van der Waals surface area contributed by atoms with Crippen molar-refractivity contribution in [2.24, 2.45) is 0 Å². The minimum Gasteiger partial charge on any atom is -0.166 e. The topological polar surface area (TPSA) is 0 Å². The smallest absolute Gasteiger partial charge is 0.166 e. The Labute approximate surface area is 166 Å². The van der Waals surface area contributed by atoms with Crippen molar-refractivity contribution >= 4 is 29.1 Å². The van der Waals surface area contributed by atoms with E-state index in [1.54, 1.807) is 0 Å². The number of hydrogen-bond acceptors (Lipinski definition) is 0. The predicted molar refractivity (Wildman–Crippen MR) is 84.9 cm³/mol. The molecule has 0 saturated carbocycles. The molecule has 30 heavy (non-hydrogen) atoms. The van der Waals surface area contributed by atoms with Gasteiger partial charge < -0.3 is 0 Å². The third-order valence-corrected chi connectivity index (χ3v) is 6.36. The number of rotatable bonds is 2. The van der Waals surface area contributed by atoms with Gasteiger partial charge in [0.2, 0.25) is 0 Å². The third kappa shape index (κ3) is 5.32. The summed E-state index contributed by atoms with van der Waals surface area (Å²) < 4.78 is 157. The summed E-state index contributed by atoms with van der Waals surface area (Å²) in [5.41, 5.74) is -6.89. The van der Waals surface area contributed by atoms with Crippen molar-refractivity contribution in [3.8, 4) is 0 Å². The number of alkyl halides is 12. The molecule has 0 spiro atoms. The first kappa shape index (κ1) is 24.6. The Morgan fingerprint density at radius 3 is 1.03 bits per heavy atom. The zero-order chi connectivity index (χ0) is 23.3. The van der Waals surface area contributed by atoms with E-state index in [0.717, 1.165) is 0 Å². The molecular weight excluding hydrogens is 487 g/mol. The Kier molecular flexibility index (Phi) is 6.38. The first-order chi connectivity index (χ1) is 13.3. The molecule has 14 heteroatoms. The van der Waals surface area contributed by atoms with E-state index in [2.05, 4.69) is 0 Å². The van der Waals surface area contributed by atoms with Crippen LogP contribution in [0.15, 0.2) is 36.4 Å².